The number of hydrogen-bond donors (Lipinski definition) is 1. The molecule has 2 aromatic rings. The van der Waals surface area contributed by atoms with Crippen molar-refractivity contribution >= 4 is 5.91 Å². The largest absolute Gasteiger partial charge is 0.416 e. The van der Waals surface area contributed by atoms with Crippen LogP contribution >= 0.6 is 0 Å². The minimum Gasteiger partial charge on any atom is -0.416 e. The van der Waals surface area contributed by atoms with Gasteiger partial charge in [-0.25, -0.2) is 4.98 Å². The quantitative estimate of drug-likeness (QED) is 0.930. The van der Waals surface area contributed by atoms with Crippen LogP contribution in [-0.4, -0.2) is 22.5 Å². The van der Waals surface area contributed by atoms with E-state index < -0.39 is 18.4 Å². The lowest BCUT2D eigenvalue weighted by atomic mass is 10.0. The van der Waals surface area contributed by atoms with Crippen LogP contribution in [0, 0.1) is 6.92 Å². The Morgan fingerprint density at radius 2 is 2.00 bits per heavy atom. The van der Waals surface area contributed by atoms with Gasteiger partial charge in [0.25, 0.3) is 5.91 Å². The summed E-state index contributed by atoms with van der Waals surface area (Å²) in [4.78, 5) is 19.2. The van der Waals surface area contributed by atoms with Crippen molar-refractivity contribution in [2.24, 2.45) is 5.73 Å². The first kappa shape index (κ1) is 13.9. The van der Waals surface area contributed by atoms with E-state index in [0.29, 0.717) is 16.8 Å². The van der Waals surface area contributed by atoms with Crippen LogP contribution in [0.2, 0.25) is 0 Å². The summed E-state index contributed by atoms with van der Waals surface area (Å²) >= 11 is 0. The second-order valence-corrected chi connectivity index (χ2v) is 3.97. The fraction of sp³-hybridized carbons (Fsp3) is 0.154. The van der Waals surface area contributed by atoms with Gasteiger partial charge < -0.3 is 10.5 Å². The number of amides is 1. The van der Waals surface area contributed by atoms with Crippen molar-refractivity contribution in [2.75, 3.05) is 0 Å². The minimum absolute atomic E-state index is 0.179. The second kappa shape index (κ2) is 5.60. The number of nitrogens with zero attached hydrogens (tertiary/aromatic N) is 2. The van der Waals surface area contributed by atoms with Crippen molar-refractivity contribution in [1.82, 2.24) is 9.97 Å². The van der Waals surface area contributed by atoms with E-state index in [1.807, 2.05) is 0 Å². The lowest BCUT2D eigenvalue weighted by Crippen LogP contribution is -2.17. The molecule has 0 radical (unpaired) electrons. The van der Waals surface area contributed by atoms with Gasteiger partial charge in [-0.05, 0) is 30.7 Å². The van der Waals surface area contributed by atoms with Crippen LogP contribution in [0.1, 0.15) is 16.1 Å². The average Bonchev–Trinajstić information content (AvgIpc) is 2.37. The van der Waals surface area contributed by atoms with Crippen molar-refractivity contribution in [3.8, 4) is 17.0 Å². The molecule has 0 aliphatic carbocycles. The third-order valence-corrected chi connectivity index (χ3v) is 2.55. The molecular formula is C13H11F2N3O2. The molecule has 0 atom stereocenters. The zero-order valence-electron chi connectivity index (χ0n) is 10.5. The number of primary amides is 1. The van der Waals surface area contributed by atoms with Crippen molar-refractivity contribution < 1.29 is 18.3 Å². The van der Waals surface area contributed by atoms with E-state index in [2.05, 4.69) is 14.7 Å². The number of aromatic nitrogens is 2. The van der Waals surface area contributed by atoms with Gasteiger partial charge in [0.15, 0.2) is 0 Å². The van der Waals surface area contributed by atoms with Gasteiger partial charge in [-0.1, -0.05) is 0 Å². The number of halogens is 2. The number of carbonyl (C=O) groups is 1. The highest BCUT2D eigenvalue weighted by Gasteiger charge is 2.21. The van der Waals surface area contributed by atoms with E-state index in [-0.39, 0.29) is 5.56 Å². The van der Waals surface area contributed by atoms with Gasteiger partial charge in [-0.3, -0.25) is 9.78 Å². The maximum absolute atomic E-state index is 12.4. The van der Waals surface area contributed by atoms with Crippen LogP contribution in [0.4, 0.5) is 8.78 Å². The van der Waals surface area contributed by atoms with Gasteiger partial charge in [0.1, 0.15) is 5.56 Å². The maximum Gasteiger partial charge on any atom is 0.388 e. The number of nitrogens with two attached hydrogens (primary N) is 1. The number of carbonyl (C=O) groups excluding carboxylic acids is 1. The van der Waals surface area contributed by atoms with Crippen LogP contribution in [-0.2, 0) is 0 Å². The van der Waals surface area contributed by atoms with E-state index >= 15 is 0 Å². The normalized spacial score (nSPS) is 10.6. The summed E-state index contributed by atoms with van der Waals surface area (Å²) in [5, 5.41) is 0. The molecule has 0 saturated carbocycles. The Hall–Kier alpha value is -2.57. The fourth-order valence-electron chi connectivity index (χ4n) is 1.81. The smallest absolute Gasteiger partial charge is 0.388 e. The Morgan fingerprint density at radius 3 is 2.55 bits per heavy atom. The van der Waals surface area contributed by atoms with Crippen LogP contribution < -0.4 is 10.5 Å². The molecule has 7 heteroatoms. The Balaban J connectivity index is 2.67. The highest BCUT2D eigenvalue weighted by molar-refractivity contribution is 6.02. The molecule has 104 valence electrons. The number of hydrogen-bond acceptors (Lipinski definition) is 4. The van der Waals surface area contributed by atoms with E-state index in [1.165, 1.54) is 12.4 Å². The van der Waals surface area contributed by atoms with Gasteiger partial charge in [-0.2, -0.15) is 8.78 Å². The molecule has 2 rings (SSSR count). The summed E-state index contributed by atoms with van der Waals surface area (Å²) in [7, 11) is 0. The fourth-order valence-corrected chi connectivity index (χ4v) is 1.81. The Labute approximate surface area is 113 Å². The number of aryl methyl sites for hydroxylation is 1. The molecular weight excluding hydrogens is 268 g/mol. The SMILES string of the molecule is Cc1cc(-c2ccncc2)c(C(N)=O)c(OC(F)F)n1. The highest BCUT2D eigenvalue weighted by atomic mass is 19.3. The van der Waals surface area contributed by atoms with Crippen molar-refractivity contribution in [3.63, 3.8) is 0 Å². The first-order valence-electron chi connectivity index (χ1n) is 5.65. The molecule has 2 aromatic heterocycles. The average molecular weight is 279 g/mol. The molecule has 20 heavy (non-hydrogen) atoms. The van der Waals surface area contributed by atoms with E-state index in [4.69, 9.17) is 5.73 Å². The third kappa shape index (κ3) is 2.87. The summed E-state index contributed by atoms with van der Waals surface area (Å²) < 4.78 is 29.1. The summed E-state index contributed by atoms with van der Waals surface area (Å²) in [6.07, 6.45) is 3.03. The van der Waals surface area contributed by atoms with E-state index in [1.54, 1.807) is 25.1 Å². The molecule has 0 saturated heterocycles. The first-order valence-corrected chi connectivity index (χ1v) is 5.65. The van der Waals surface area contributed by atoms with Gasteiger partial charge in [-0.15, -0.1) is 0 Å². The molecule has 0 aliphatic heterocycles. The predicted molar refractivity (Wildman–Crippen MR) is 67.4 cm³/mol. The number of ether oxygens (including phenoxy) is 1. The third-order valence-electron chi connectivity index (χ3n) is 2.55. The molecule has 0 aliphatic rings. The van der Waals surface area contributed by atoms with Crippen LogP contribution in [0.5, 0.6) is 5.88 Å². The van der Waals surface area contributed by atoms with Gasteiger partial charge >= 0.3 is 6.61 Å². The van der Waals surface area contributed by atoms with Crippen molar-refractivity contribution in [1.29, 1.82) is 0 Å². The Bertz CT molecular complexity index is 633. The number of alkyl halides is 2. The zero-order chi connectivity index (χ0) is 14.7. The summed E-state index contributed by atoms with van der Waals surface area (Å²) in [6.45, 7) is -1.49. The van der Waals surface area contributed by atoms with Crippen molar-refractivity contribution in [3.05, 3.63) is 41.9 Å². The topological polar surface area (TPSA) is 78.1 Å². The molecule has 2 N–H and O–H groups in total. The lowest BCUT2D eigenvalue weighted by molar-refractivity contribution is -0.0531. The summed E-state index contributed by atoms with van der Waals surface area (Å²) in [6, 6.07) is 4.84. The van der Waals surface area contributed by atoms with Crippen LogP contribution in [0.25, 0.3) is 11.1 Å². The van der Waals surface area contributed by atoms with Gasteiger partial charge in [0.2, 0.25) is 5.88 Å². The maximum atomic E-state index is 12.4. The van der Waals surface area contributed by atoms with Crippen molar-refractivity contribution in [2.45, 2.75) is 13.5 Å². The summed E-state index contributed by atoms with van der Waals surface area (Å²) in [5.74, 6) is -1.36. The second-order valence-electron chi connectivity index (χ2n) is 3.97. The van der Waals surface area contributed by atoms with Crippen LogP contribution in [0.3, 0.4) is 0 Å². The molecule has 2 heterocycles. The molecule has 0 bridgehead atoms. The Kier molecular flexibility index (Phi) is 3.88. The van der Waals surface area contributed by atoms with E-state index in [0.717, 1.165) is 0 Å². The molecule has 0 spiro atoms. The van der Waals surface area contributed by atoms with Gasteiger partial charge in [0.05, 0.1) is 0 Å². The number of rotatable bonds is 4. The lowest BCUT2D eigenvalue weighted by Gasteiger charge is -2.13. The minimum atomic E-state index is -3.09. The highest BCUT2D eigenvalue weighted by Crippen LogP contribution is 2.30. The first-order chi connectivity index (χ1) is 9.49. The Morgan fingerprint density at radius 1 is 1.35 bits per heavy atom. The predicted octanol–water partition coefficient (Wildman–Crippen LogP) is 2.15. The van der Waals surface area contributed by atoms with E-state index in [9.17, 15) is 13.6 Å². The monoisotopic (exact) mass is 279 g/mol. The summed E-state index contributed by atoms with van der Waals surface area (Å²) in [5.41, 5.74) is 6.50. The molecule has 1 amide bonds. The molecule has 5 nitrogen and oxygen atoms in total. The molecule has 0 unspecified atom stereocenters. The van der Waals surface area contributed by atoms with Gasteiger partial charge in [0, 0.05) is 23.7 Å². The number of pyridine rings is 2. The zero-order valence-corrected chi connectivity index (χ0v) is 10.5. The molecule has 0 fully saturated rings. The van der Waals surface area contributed by atoms with Crippen LogP contribution in [0.15, 0.2) is 30.6 Å². The standard InChI is InChI=1S/C13H11F2N3O2/c1-7-6-9(8-2-4-17-5-3-8)10(11(16)19)12(18-7)20-13(14)15/h2-6,13H,1H3,(H2,16,19). The molecule has 0 aromatic carbocycles.